The maximum atomic E-state index is 12.8. The van der Waals surface area contributed by atoms with Crippen LogP contribution in [-0.2, 0) is 10.0 Å². The van der Waals surface area contributed by atoms with E-state index in [1.54, 1.807) is 22.6 Å². The van der Waals surface area contributed by atoms with Gasteiger partial charge in [0.1, 0.15) is 0 Å². The number of rotatable bonds is 2. The highest BCUT2D eigenvalue weighted by Gasteiger charge is 2.27. The van der Waals surface area contributed by atoms with Crippen molar-refractivity contribution in [3.8, 4) is 0 Å². The topological polar surface area (TPSA) is 50.3 Å². The minimum Gasteiger partial charge on any atom is -0.256 e. The second-order valence-corrected chi connectivity index (χ2v) is 7.15. The molecule has 1 aliphatic heterocycles. The van der Waals surface area contributed by atoms with E-state index < -0.39 is 10.0 Å². The van der Waals surface area contributed by atoms with Gasteiger partial charge in [-0.15, -0.1) is 0 Å². The van der Waals surface area contributed by atoms with E-state index in [1.807, 2.05) is 46.8 Å². The van der Waals surface area contributed by atoms with Gasteiger partial charge in [-0.1, -0.05) is 40.2 Å². The van der Waals surface area contributed by atoms with Crippen molar-refractivity contribution < 1.29 is 8.42 Å². The summed E-state index contributed by atoms with van der Waals surface area (Å²) >= 11 is 0. The summed E-state index contributed by atoms with van der Waals surface area (Å²) in [4.78, 5) is 4.70. The Hall–Kier alpha value is -1.46. The number of piperidine rings is 1. The molecule has 0 radical (unpaired) electrons. The molecule has 4 nitrogen and oxygen atoms in total. The summed E-state index contributed by atoms with van der Waals surface area (Å²) in [6.45, 7) is 11.2. The third-order valence-electron chi connectivity index (χ3n) is 3.86. The van der Waals surface area contributed by atoms with E-state index >= 15 is 0 Å². The molecule has 134 valence electrons. The standard InChI is InChI=1S/C15H18N2O2S.2C2H6/c1-12-7-8-14(13-6-5-9-16-15(12)13)20(18,19)17-10-3-2-4-11-17;2*1-2/h5-9H,2-4,10-11H2,1H3;2*1-2H3. The van der Waals surface area contributed by atoms with Gasteiger partial charge in [0.05, 0.1) is 10.4 Å². The fraction of sp³-hybridized carbons (Fsp3) is 0.526. The third-order valence-corrected chi connectivity index (χ3v) is 5.82. The lowest BCUT2D eigenvalue weighted by Gasteiger charge is -2.26. The van der Waals surface area contributed by atoms with Gasteiger partial charge in [0.2, 0.25) is 10.0 Å². The van der Waals surface area contributed by atoms with Gasteiger partial charge in [-0.05, 0) is 43.5 Å². The first-order valence-electron chi connectivity index (χ1n) is 8.95. The van der Waals surface area contributed by atoms with Crippen LogP contribution >= 0.6 is 0 Å². The van der Waals surface area contributed by atoms with E-state index in [2.05, 4.69) is 4.98 Å². The van der Waals surface area contributed by atoms with Crippen LogP contribution in [0, 0.1) is 6.92 Å². The van der Waals surface area contributed by atoms with Crippen LogP contribution in [-0.4, -0.2) is 30.8 Å². The van der Waals surface area contributed by atoms with Crippen molar-refractivity contribution in [2.45, 2.75) is 58.8 Å². The van der Waals surface area contributed by atoms with E-state index in [0.717, 1.165) is 35.7 Å². The Labute approximate surface area is 147 Å². The maximum Gasteiger partial charge on any atom is 0.243 e. The van der Waals surface area contributed by atoms with E-state index in [4.69, 9.17) is 0 Å². The normalized spacial score (nSPS) is 15.0. The highest BCUT2D eigenvalue weighted by atomic mass is 32.2. The molecule has 0 saturated carbocycles. The molecule has 1 aliphatic rings. The number of aromatic nitrogens is 1. The molecule has 0 aliphatic carbocycles. The molecule has 1 fully saturated rings. The Kier molecular flexibility index (Phi) is 8.36. The Morgan fingerprint density at radius 1 is 0.958 bits per heavy atom. The van der Waals surface area contributed by atoms with Crippen LogP contribution in [0.15, 0.2) is 35.4 Å². The molecule has 1 saturated heterocycles. The van der Waals surface area contributed by atoms with Crippen molar-refractivity contribution in [1.82, 2.24) is 9.29 Å². The molecule has 0 bridgehead atoms. The van der Waals surface area contributed by atoms with Crippen LogP contribution < -0.4 is 0 Å². The number of hydrogen-bond donors (Lipinski definition) is 0. The SMILES string of the molecule is CC.CC.Cc1ccc(S(=O)(=O)N2CCCCC2)c2cccnc12. The van der Waals surface area contributed by atoms with E-state index in [1.165, 1.54) is 0 Å². The van der Waals surface area contributed by atoms with Crippen molar-refractivity contribution in [2.75, 3.05) is 13.1 Å². The van der Waals surface area contributed by atoms with Gasteiger partial charge in [0.25, 0.3) is 0 Å². The summed E-state index contributed by atoms with van der Waals surface area (Å²) in [5.41, 5.74) is 1.77. The number of nitrogens with zero attached hydrogens (tertiary/aromatic N) is 2. The number of fused-ring (bicyclic) bond motifs is 1. The molecule has 0 atom stereocenters. The second kappa shape index (κ2) is 9.74. The smallest absolute Gasteiger partial charge is 0.243 e. The van der Waals surface area contributed by atoms with Gasteiger partial charge in [-0.2, -0.15) is 4.31 Å². The number of benzene rings is 1. The minimum atomic E-state index is -3.41. The summed E-state index contributed by atoms with van der Waals surface area (Å²) in [5.74, 6) is 0. The van der Waals surface area contributed by atoms with Crippen molar-refractivity contribution >= 4 is 20.9 Å². The molecule has 3 rings (SSSR count). The van der Waals surface area contributed by atoms with Crippen molar-refractivity contribution in [3.63, 3.8) is 0 Å². The zero-order chi connectivity index (χ0) is 18.2. The largest absolute Gasteiger partial charge is 0.256 e. The van der Waals surface area contributed by atoms with Gasteiger partial charge in [0.15, 0.2) is 0 Å². The third kappa shape index (κ3) is 4.33. The van der Waals surface area contributed by atoms with Crippen LogP contribution in [0.4, 0.5) is 0 Å². The molecule has 0 unspecified atom stereocenters. The molecule has 2 heterocycles. The first-order valence-corrected chi connectivity index (χ1v) is 10.4. The highest BCUT2D eigenvalue weighted by Crippen LogP contribution is 2.28. The summed E-state index contributed by atoms with van der Waals surface area (Å²) < 4.78 is 27.2. The molecule has 0 amide bonds. The van der Waals surface area contributed by atoms with Gasteiger partial charge < -0.3 is 0 Å². The Morgan fingerprint density at radius 3 is 2.21 bits per heavy atom. The Balaban J connectivity index is 0.000000671. The van der Waals surface area contributed by atoms with Crippen molar-refractivity contribution in [1.29, 1.82) is 0 Å². The van der Waals surface area contributed by atoms with Crippen LogP contribution in [0.3, 0.4) is 0 Å². The number of aryl methyl sites for hydroxylation is 1. The average molecular weight is 351 g/mol. The first kappa shape index (κ1) is 20.6. The zero-order valence-electron chi connectivity index (χ0n) is 15.5. The summed E-state index contributed by atoms with van der Waals surface area (Å²) in [6, 6.07) is 7.18. The zero-order valence-corrected chi connectivity index (χ0v) is 16.4. The molecular formula is C19H30N2O2S. The lowest BCUT2D eigenvalue weighted by atomic mass is 10.1. The lowest BCUT2D eigenvalue weighted by molar-refractivity contribution is 0.347. The lowest BCUT2D eigenvalue weighted by Crippen LogP contribution is -2.35. The predicted octanol–water partition coefficient (Wildman–Crippen LogP) is 4.77. The second-order valence-electron chi connectivity index (χ2n) is 5.24. The van der Waals surface area contributed by atoms with Crippen LogP contribution in [0.2, 0.25) is 0 Å². The van der Waals surface area contributed by atoms with Gasteiger partial charge in [-0.3, -0.25) is 4.98 Å². The van der Waals surface area contributed by atoms with Gasteiger partial charge in [-0.25, -0.2) is 8.42 Å². The van der Waals surface area contributed by atoms with Gasteiger partial charge >= 0.3 is 0 Å². The molecular weight excluding hydrogens is 320 g/mol. The summed E-state index contributed by atoms with van der Waals surface area (Å²) in [5, 5.41) is 0.720. The first-order chi connectivity index (χ1) is 11.6. The van der Waals surface area contributed by atoms with E-state index in [0.29, 0.717) is 18.0 Å². The number of sulfonamides is 1. The Bertz CT molecular complexity index is 736. The maximum absolute atomic E-state index is 12.8. The molecule has 1 aromatic heterocycles. The molecule has 5 heteroatoms. The molecule has 0 spiro atoms. The minimum absolute atomic E-state index is 0.383. The van der Waals surface area contributed by atoms with Crippen LogP contribution in [0.5, 0.6) is 0 Å². The molecule has 0 N–H and O–H groups in total. The fourth-order valence-corrected chi connectivity index (χ4v) is 4.46. The van der Waals surface area contributed by atoms with Crippen LogP contribution in [0.1, 0.15) is 52.5 Å². The van der Waals surface area contributed by atoms with Crippen LogP contribution in [0.25, 0.3) is 10.9 Å². The monoisotopic (exact) mass is 350 g/mol. The molecule has 24 heavy (non-hydrogen) atoms. The number of hydrogen-bond acceptors (Lipinski definition) is 3. The molecule has 2 aromatic rings. The molecule has 1 aromatic carbocycles. The Morgan fingerprint density at radius 2 is 1.58 bits per heavy atom. The highest BCUT2D eigenvalue weighted by molar-refractivity contribution is 7.89. The van der Waals surface area contributed by atoms with E-state index in [9.17, 15) is 8.42 Å². The van der Waals surface area contributed by atoms with Crippen molar-refractivity contribution in [2.24, 2.45) is 0 Å². The average Bonchev–Trinajstić information content (AvgIpc) is 2.66. The number of pyridine rings is 1. The predicted molar refractivity (Wildman–Crippen MR) is 102 cm³/mol. The summed E-state index contributed by atoms with van der Waals surface area (Å²) in [6.07, 6.45) is 4.71. The van der Waals surface area contributed by atoms with Gasteiger partial charge in [0, 0.05) is 24.7 Å². The van der Waals surface area contributed by atoms with Crippen molar-refractivity contribution in [3.05, 3.63) is 36.0 Å². The quantitative estimate of drug-likeness (QED) is 0.784. The summed E-state index contributed by atoms with van der Waals surface area (Å²) in [7, 11) is -3.41. The van der Waals surface area contributed by atoms with E-state index in [-0.39, 0.29) is 0 Å². The fourth-order valence-electron chi connectivity index (χ4n) is 2.76.